The fraction of sp³-hybridized carbons (Fsp3) is 0.250. The summed E-state index contributed by atoms with van der Waals surface area (Å²) in [6.07, 6.45) is -0.771. The number of H-pyrrole nitrogens is 1. The molecule has 2 aliphatic rings. The monoisotopic (exact) mass is 482 g/mol. The predicted octanol–water partition coefficient (Wildman–Crippen LogP) is 3.47. The second-order valence-corrected chi connectivity index (χ2v) is 8.42. The van der Waals surface area contributed by atoms with E-state index in [2.05, 4.69) is 20.8 Å². The van der Waals surface area contributed by atoms with Crippen molar-refractivity contribution in [3.63, 3.8) is 0 Å². The Kier molecular flexibility index (Phi) is 5.46. The maximum absolute atomic E-state index is 13.4. The van der Waals surface area contributed by atoms with Gasteiger partial charge in [0.25, 0.3) is 11.8 Å². The highest BCUT2D eigenvalue weighted by Crippen LogP contribution is 2.54. The number of carboxylic acids is 1. The number of halogens is 2. The number of aromatic nitrogens is 2. The Hall–Kier alpha value is -4.28. The second kappa shape index (κ2) is 8.49. The molecule has 2 aromatic carbocycles. The quantitative estimate of drug-likeness (QED) is 0.408. The Morgan fingerprint density at radius 1 is 1.06 bits per heavy atom. The molecule has 0 saturated heterocycles. The Morgan fingerprint density at radius 2 is 1.69 bits per heavy atom. The first-order valence-corrected chi connectivity index (χ1v) is 10.8. The number of hydrogen-bond donors (Lipinski definition) is 4. The first kappa shape index (κ1) is 22.5. The number of carbonyl (C=O) groups excluding carboxylic acids is 2. The molecule has 0 aliphatic heterocycles. The number of alkyl halides is 2. The average Bonchev–Trinajstić information content (AvgIpc) is 3.13. The van der Waals surface area contributed by atoms with E-state index in [0.717, 1.165) is 22.3 Å². The zero-order valence-corrected chi connectivity index (χ0v) is 18.1. The van der Waals surface area contributed by atoms with Gasteiger partial charge in [-0.25, -0.2) is 13.6 Å². The molecule has 0 bridgehead atoms. The number of fused-ring (bicyclic) bond motifs is 3. The minimum Gasteiger partial charge on any atom is -0.481 e. The van der Waals surface area contributed by atoms with Crippen molar-refractivity contribution < 1.29 is 33.0 Å². The van der Waals surface area contributed by atoms with Gasteiger partial charge in [0, 0.05) is 18.5 Å². The van der Waals surface area contributed by atoms with E-state index < -0.39 is 42.3 Å². The summed E-state index contributed by atoms with van der Waals surface area (Å²) in [6.45, 7) is -0.408. The van der Waals surface area contributed by atoms with E-state index in [1.54, 1.807) is 0 Å². The second-order valence-electron chi connectivity index (χ2n) is 8.42. The maximum Gasteiger partial charge on any atom is 0.412 e. The highest BCUT2D eigenvalue weighted by Gasteiger charge is 2.72. The van der Waals surface area contributed by atoms with Gasteiger partial charge in [0.1, 0.15) is 18.2 Å². The molecule has 1 fully saturated rings. The van der Waals surface area contributed by atoms with Gasteiger partial charge in [-0.1, -0.05) is 48.5 Å². The summed E-state index contributed by atoms with van der Waals surface area (Å²) < 4.78 is 32.3. The number of hydrogen-bond acceptors (Lipinski definition) is 5. The molecule has 2 atom stereocenters. The standard InChI is InChI=1S/C24H20F2N4O5/c25-24(26)17(20(24)22(32)33)10-27-21(31)18-9-19(30-29-18)28-23(34)35-11-16-14-7-3-1-5-12(14)13-6-2-4-8-15(13)16/h1-9,16-17,20H,10-11H2,(H,27,31)(H,32,33)(H2,28,29,30,34)/t17-,20-/m0/s1. The lowest BCUT2D eigenvalue weighted by Gasteiger charge is -2.14. The number of carboxylic acid groups (broad SMARTS) is 1. The summed E-state index contributed by atoms with van der Waals surface area (Å²) in [5.74, 6) is -9.11. The topological polar surface area (TPSA) is 133 Å². The average molecular weight is 482 g/mol. The van der Waals surface area contributed by atoms with Crippen LogP contribution in [-0.4, -0.2) is 52.3 Å². The normalized spacial score (nSPS) is 19.4. The van der Waals surface area contributed by atoms with Crippen molar-refractivity contribution in [2.45, 2.75) is 11.8 Å². The van der Waals surface area contributed by atoms with Crippen LogP contribution in [-0.2, 0) is 9.53 Å². The van der Waals surface area contributed by atoms with Crippen LogP contribution in [0.1, 0.15) is 27.5 Å². The molecule has 5 rings (SSSR count). The summed E-state index contributed by atoms with van der Waals surface area (Å²) in [4.78, 5) is 35.3. The molecule has 1 saturated carbocycles. The number of aliphatic carboxylic acids is 1. The lowest BCUT2D eigenvalue weighted by atomic mass is 9.98. The largest absolute Gasteiger partial charge is 0.481 e. The molecule has 0 unspecified atom stereocenters. The van der Waals surface area contributed by atoms with Crippen LogP contribution in [0, 0.1) is 11.8 Å². The van der Waals surface area contributed by atoms with E-state index in [1.807, 2.05) is 48.5 Å². The van der Waals surface area contributed by atoms with Gasteiger partial charge >= 0.3 is 12.1 Å². The first-order chi connectivity index (χ1) is 16.8. The number of benzene rings is 2. The van der Waals surface area contributed by atoms with Crippen LogP contribution < -0.4 is 10.6 Å². The van der Waals surface area contributed by atoms with Crippen molar-refractivity contribution in [1.29, 1.82) is 0 Å². The number of nitrogens with zero attached hydrogens (tertiary/aromatic N) is 1. The fourth-order valence-electron chi connectivity index (χ4n) is 4.52. The van der Waals surface area contributed by atoms with Crippen molar-refractivity contribution in [3.05, 3.63) is 71.4 Å². The van der Waals surface area contributed by atoms with Crippen molar-refractivity contribution in [3.8, 4) is 11.1 Å². The van der Waals surface area contributed by atoms with Gasteiger partial charge in [0.05, 0.1) is 5.92 Å². The van der Waals surface area contributed by atoms with Gasteiger partial charge < -0.3 is 15.2 Å². The van der Waals surface area contributed by atoms with Crippen molar-refractivity contribution >= 4 is 23.8 Å². The zero-order valence-electron chi connectivity index (χ0n) is 18.1. The first-order valence-electron chi connectivity index (χ1n) is 10.8. The summed E-state index contributed by atoms with van der Waals surface area (Å²) in [5.41, 5.74) is 4.23. The van der Waals surface area contributed by atoms with Crippen molar-refractivity contribution in [1.82, 2.24) is 15.5 Å². The van der Waals surface area contributed by atoms with Gasteiger partial charge in [0.2, 0.25) is 0 Å². The van der Waals surface area contributed by atoms with Gasteiger partial charge in [-0.3, -0.25) is 20.0 Å². The molecule has 2 aliphatic carbocycles. The highest BCUT2D eigenvalue weighted by molar-refractivity contribution is 5.94. The van der Waals surface area contributed by atoms with E-state index in [4.69, 9.17) is 9.84 Å². The summed E-state index contributed by atoms with van der Waals surface area (Å²) in [6, 6.07) is 17.0. The summed E-state index contributed by atoms with van der Waals surface area (Å²) in [5, 5.41) is 19.6. The van der Waals surface area contributed by atoms with Crippen LogP contribution in [0.3, 0.4) is 0 Å². The molecule has 4 N–H and O–H groups in total. The van der Waals surface area contributed by atoms with Crippen molar-refractivity contribution in [2.24, 2.45) is 11.8 Å². The SMILES string of the molecule is O=C(Nc1cc(C(=O)NC[C@H]2[C@@H](C(=O)O)C2(F)F)[nH]n1)OCC1c2ccccc2-c2ccccc21. The van der Waals surface area contributed by atoms with E-state index >= 15 is 0 Å². The van der Waals surface area contributed by atoms with E-state index in [-0.39, 0.29) is 24.0 Å². The number of ether oxygens (including phenoxy) is 1. The molecule has 0 spiro atoms. The van der Waals surface area contributed by atoms with E-state index in [1.165, 1.54) is 6.07 Å². The minimum atomic E-state index is -3.36. The van der Waals surface area contributed by atoms with Gasteiger partial charge in [-0.15, -0.1) is 0 Å². The van der Waals surface area contributed by atoms with Gasteiger partial charge in [0.15, 0.2) is 5.82 Å². The summed E-state index contributed by atoms with van der Waals surface area (Å²) >= 11 is 0. The molecule has 1 heterocycles. The molecule has 0 radical (unpaired) electrons. The third-order valence-corrected chi connectivity index (χ3v) is 6.35. The molecule has 1 aromatic heterocycles. The van der Waals surface area contributed by atoms with Gasteiger partial charge in [-0.2, -0.15) is 5.10 Å². The maximum atomic E-state index is 13.4. The highest BCUT2D eigenvalue weighted by atomic mass is 19.3. The Morgan fingerprint density at radius 3 is 2.29 bits per heavy atom. The number of nitrogens with one attached hydrogen (secondary N) is 3. The predicted molar refractivity (Wildman–Crippen MR) is 119 cm³/mol. The molecule has 35 heavy (non-hydrogen) atoms. The molecule has 9 nitrogen and oxygen atoms in total. The Balaban J connectivity index is 1.15. The van der Waals surface area contributed by atoms with Crippen LogP contribution in [0.25, 0.3) is 11.1 Å². The van der Waals surface area contributed by atoms with Crippen LogP contribution in [0.15, 0.2) is 54.6 Å². The molecular formula is C24H20F2N4O5. The number of anilines is 1. The Labute approximate surface area is 197 Å². The van der Waals surface area contributed by atoms with Crippen LogP contribution in [0.2, 0.25) is 0 Å². The lowest BCUT2D eigenvalue weighted by Crippen LogP contribution is -2.27. The van der Waals surface area contributed by atoms with Crippen LogP contribution in [0.4, 0.5) is 19.4 Å². The third kappa shape index (κ3) is 4.09. The molecule has 11 heteroatoms. The van der Waals surface area contributed by atoms with Crippen LogP contribution in [0.5, 0.6) is 0 Å². The number of carbonyl (C=O) groups is 3. The minimum absolute atomic E-state index is 0.00698. The molecule has 2 amide bonds. The van der Waals surface area contributed by atoms with E-state index in [9.17, 15) is 23.2 Å². The number of amides is 2. The van der Waals surface area contributed by atoms with Crippen molar-refractivity contribution in [2.75, 3.05) is 18.5 Å². The fourth-order valence-corrected chi connectivity index (χ4v) is 4.52. The number of rotatable bonds is 7. The van der Waals surface area contributed by atoms with Gasteiger partial charge in [-0.05, 0) is 22.3 Å². The van der Waals surface area contributed by atoms with Crippen LogP contribution >= 0.6 is 0 Å². The van der Waals surface area contributed by atoms with E-state index in [0.29, 0.717) is 0 Å². The molecular weight excluding hydrogens is 462 g/mol. The zero-order chi connectivity index (χ0) is 24.7. The Bertz CT molecular complexity index is 1280. The smallest absolute Gasteiger partial charge is 0.412 e. The lowest BCUT2D eigenvalue weighted by molar-refractivity contribution is -0.140. The third-order valence-electron chi connectivity index (χ3n) is 6.35. The number of aromatic amines is 1. The summed E-state index contributed by atoms with van der Waals surface area (Å²) in [7, 11) is 0. The molecule has 3 aromatic rings. The molecule has 180 valence electrons.